The quantitative estimate of drug-likeness (QED) is 0.750. The van der Waals surface area contributed by atoms with E-state index in [0.717, 1.165) is 0 Å². The van der Waals surface area contributed by atoms with Gasteiger partial charge in [0.25, 0.3) is 0 Å². The zero-order valence-corrected chi connectivity index (χ0v) is 10.9. The second-order valence-electron chi connectivity index (χ2n) is 5.02. The smallest absolute Gasteiger partial charge is 0.306 e. The number of nitrogens with zero attached hydrogens (tertiary/aromatic N) is 1. The number of carbonyl (C=O) groups is 2. The molecule has 2 rings (SSSR count). The molecule has 1 N–H and O–H groups in total. The Balaban J connectivity index is 1.91. The summed E-state index contributed by atoms with van der Waals surface area (Å²) in [6.07, 6.45) is 1.52. The maximum absolute atomic E-state index is 12.1. The van der Waals surface area contributed by atoms with Gasteiger partial charge in [-0.1, -0.05) is 0 Å². The van der Waals surface area contributed by atoms with Crippen molar-refractivity contribution in [1.82, 2.24) is 4.90 Å². The molecule has 1 aliphatic carbocycles. The van der Waals surface area contributed by atoms with E-state index < -0.39 is 21.7 Å². The van der Waals surface area contributed by atoms with E-state index in [1.807, 2.05) is 0 Å². The molecule has 2 aliphatic rings. The highest BCUT2D eigenvalue weighted by atomic mass is 32.2. The van der Waals surface area contributed by atoms with Crippen LogP contribution in [0.5, 0.6) is 0 Å². The Morgan fingerprint density at radius 1 is 1.06 bits per heavy atom. The molecule has 0 bridgehead atoms. The van der Waals surface area contributed by atoms with Crippen LogP contribution in [-0.4, -0.2) is 54.9 Å². The number of carboxylic acid groups (broad SMARTS) is 1. The molecule has 2 atom stereocenters. The van der Waals surface area contributed by atoms with Crippen molar-refractivity contribution in [2.45, 2.75) is 19.3 Å². The van der Waals surface area contributed by atoms with Crippen LogP contribution in [0.25, 0.3) is 0 Å². The van der Waals surface area contributed by atoms with E-state index in [-0.39, 0.29) is 36.4 Å². The van der Waals surface area contributed by atoms with Gasteiger partial charge in [-0.2, -0.15) is 0 Å². The highest BCUT2D eigenvalue weighted by Crippen LogP contribution is 2.32. The molecule has 6 nitrogen and oxygen atoms in total. The predicted octanol–water partition coefficient (Wildman–Crippen LogP) is -0.256. The van der Waals surface area contributed by atoms with Crippen molar-refractivity contribution in [2.24, 2.45) is 11.8 Å². The van der Waals surface area contributed by atoms with Crippen LogP contribution in [-0.2, 0) is 19.4 Å². The van der Waals surface area contributed by atoms with Gasteiger partial charge >= 0.3 is 5.97 Å². The Bertz CT molecular complexity index is 444. The number of hydrogen-bond donors (Lipinski definition) is 1. The maximum Gasteiger partial charge on any atom is 0.306 e. The van der Waals surface area contributed by atoms with Crippen molar-refractivity contribution in [1.29, 1.82) is 0 Å². The standard InChI is InChI=1S/C11H17NO5S/c13-10(8-1-2-9(7-8)11(14)15)12-3-5-18(16,17)6-4-12/h8-9H,1-7H2,(H,14,15). The molecule has 1 saturated heterocycles. The minimum atomic E-state index is -2.98. The monoisotopic (exact) mass is 275 g/mol. The van der Waals surface area contributed by atoms with Gasteiger partial charge in [0.2, 0.25) is 5.91 Å². The number of amides is 1. The van der Waals surface area contributed by atoms with E-state index in [1.165, 1.54) is 0 Å². The Hall–Kier alpha value is -1.11. The molecule has 1 saturated carbocycles. The SMILES string of the molecule is O=C(O)C1CCC(C(=O)N2CCS(=O)(=O)CC2)C1. The van der Waals surface area contributed by atoms with Crippen molar-refractivity contribution in [3.8, 4) is 0 Å². The topological polar surface area (TPSA) is 91.8 Å². The van der Waals surface area contributed by atoms with Gasteiger partial charge in [0, 0.05) is 19.0 Å². The zero-order chi connectivity index (χ0) is 13.3. The normalized spacial score (nSPS) is 31.2. The molecule has 1 aliphatic heterocycles. The zero-order valence-electron chi connectivity index (χ0n) is 10.0. The Kier molecular flexibility index (Phi) is 3.61. The molecular weight excluding hydrogens is 258 g/mol. The fourth-order valence-corrected chi connectivity index (χ4v) is 3.82. The van der Waals surface area contributed by atoms with Crippen molar-refractivity contribution >= 4 is 21.7 Å². The molecular formula is C11H17NO5S. The molecule has 2 fully saturated rings. The van der Waals surface area contributed by atoms with Gasteiger partial charge in [0.1, 0.15) is 0 Å². The highest BCUT2D eigenvalue weighted by Gasteiger charge is 2.37. The summed E-state index contributed by atoms with van der Waals surface area (Å²) in [5, 5.41) is 8.89. The largest absolute Gasteiger partial charge is 0.481 e. The summed E-state index contributed by atoms with van der Waals surface area (Å²) in [5.74, 6) is -1.54. The lowest BCUT2D eigenvalue weighted by molar-refractivity contribution is -0.141. The third-order valence-electron chi connectivity index (χ3n) is 3.79. The lowest BCUT2D eigenvalue weighted by Crippen LogP contribution is -2.45. The third-order valence-corrected chi connectivity index (χ3v) is 5.40. The highest BCUT2D eigenvalue weighted by molar-refractivity contribution is 7.91. The first-order chi connectivity index (χ1) is 8.39. The molecule has 0 radical (unpaired) electrons. The first-order valence-corrected chi connectivity index (χ1v) is 7.93. The number of hydrogen-bond acceptors (Lipinski definition) is 4. The van der Waals surface area contributed by atoms with E-state index in [0.29, 0.717) is 19.3 Å². The average molecular weight is 275 g/mol. The number of carboxylic acids is 1. The number of carbonyl (C=O) groups excluding carboxylic acids is 1. The molecule has 102 valence electrons. The Morgan fingerprint density at radius 2 is 1.61 bits per heavy atom. The molecule has 0 aromatic rings. The van der Waals surface area contributed by atoms with Gasteiger partial charge in [-0.25, -0.2) is 8.42 Å². The van der Waals surface area contributed by atoms with Crippen molar-refractivity contribution in [3.63, 3.8) is 0 Å². The van der Waals surface area contributed by atoms with E-state index in [4.69, 9.17) is 5.11 Å². The second kappa shape index (κ2) is 4.87. The van der Waals surface area contributed by atoms with Crippen LogP contribution in [0.4, 0.5) is 0 Å². The van der Waals surface area contributed by atoms with Gasteiger partial charge < -0.3 is 10.0 Å². The van der Waals surface area contributed by atoms with Gasteiger partial charge in [-0.05, 0) is 19.3 Å². The van der Waals surface area contributed by atoms with Crippen LogP contribution in [0.3, 0.4) is 0 Å². The average Bonchev–Trinajstić information content (AvgIpc) is 2.77. The van der Waals surface area contributed by atoms with Gasteiger partial charge in [0.05, 0.1) is 17.4 Å². The number of rotatable bonds is 2. The summed E-state index contributed by atoms with van der Waals surface area (Å²) in [7, 11) is -2.98. The number of sulfone groups is 1. The molecule has 1 amide bonds. The summed E-state index contributed by atoms with van der Waals surface area (Å²) in [6, 6.07) is 0. The van der Waals surface area contributed by atoms with E-state index >= 15 is 0 Å². The van der Waals surface area contributed by atoms with Gasteiger partial charge in [-0.15, -0.1) is 0 Å². The van der Waals surface area contributed by atoms with Gasteiger partial charge in [-0.3, -0.25) is 9.59 Å². The second-order valence-corrected chi connectivity index (χ2v) is 7.33. The summed E-state index contributed by atoms with van der Waals surface area (Å²) in [6.45, 7) is 0.491. The van der Waals surface area contributed by atoms with E-state index in [9.17, 15) is 18.0 Å². The first kappa shape index (κ1) is 13.3. The molecule has 0 aromatic carbocycles. The summed E-state index contributed by atoms with van der Waals surface area (Å²) < 4.78 is 22.5. The molecule has 7 heteroatoms. The molecule has 2 unspecified atom stereocenters. The summed E-state index contributed by atoms with van der Waals surface area (Å²) >= 11 is 0. The molecule has 0 aromatic heterocycles. The molecule has 0 spiro atoms. The fraction of sp³-hybridized carbons (Fsp3) is 0.818. The first-order valence-electron chi connectivity index (χ1n) is 6.11. The Labute approximate surface area is 106 Å². The number of aliphatic carboxylic acids is 1. The van der Waals surface area contributed by atoms with Crippen LogP contribution in [0.1, 0.15) is 19.3 Å². The Morgan fingerprint density at radius 3 is 2.11 bits per heavy atom. The maximum atomic E-state index is 12.1. The van der Waals surface area contributed by atoms with E-state index in [2.05, 4.69) is 0 Å². The third kappa shape index (κ3) is 2.82. The molecule has 1 heterocycles. The lowest BCUT2D eigenvalue weighted by Gasteiger charge is -2.29. The summed E-state index contributed by atoms with van der Waals surface area (Å²) in [5.41, 5.74) is 0. The van der Waals surface area contributed by atoms with Crippen LogP contribution in [0.15, 0.2) is 0 Å². The van der Waals surface area contributed by atoms with Crippen LogP contribution in [0, 0.1) is 11.8 Å². The summed E-state index contributed by atoms with van der Waals surface area (Å²) in [4.78, 5) is 24.5. The van der Waals surface area contributed by atoms with Crippen LogP contribution >= 0.6 is 0 Å². The minimum Gasteiger partial charge on any atom is -0.481 e. The van der Waals surface area contributed by atoms with Crippen molar-refractivity contribution < 1.29 is 23.1 Å². The van der Waals surface area contributed by atoms with Crippen molar-refractivity contribution in [2.75, 3.05) is 24.6 Å². The fourth-order valence-electron chi connectivity index (χ4n) is 2.62. The van der Waals surface area contributed by atoms with Crippen molar-refractivity contribution in [3.05, 3.63) is 0 Å². The molecule has 18 heavy (non-hydrogen) atoms. The van der Waals surface area contributed by atoms with E-state index in [1.54, 1.807) is 4.90 Å². The van der Waals surface area contributed by atoms with Gasteiger partial charge in [0.15, 0.2) is 9.84 Å². The predicted molar refractivity (Wildman–Crippen MR) is 63.7 cm³/mol. The van der Waals surface area contributed by atoms with Crippen LogP contribution in [0.2, 0.25) is 0 Å². The minimum absolute atomic E-state index is 0.0216. The van der Waals surface area contributed by atoms with Crippen LogP contribution < -0.4 is 0 Å². The lowest BCUT2D eigenvalue weighted by atomic mass is 10.0.